The van der Waals surface area contributed by atoms with Gasteiger partial charge in [0.05, 0.1) is 0 Å². The van der Waals surface area contributed by atoms with Crippen LogP contribution in [0.15, 0.2) is 0 Å². The summed E-state index contributed by atoms with van der Waals surface area (Å²) in [5.74, 6) is -3.38. The number of carbonyl (C=O) groups is 2. The van der Waals surface area contributed by atoms with E-state index in [9.17, 15) is 22.8 Å². The molecular weight excluding hydrogens is 227 g/mol. The summed E-state index contributed by atoms with van der Waals surface area (Å²) >= 11 is 0. The molecule has 90 valence electrons. The second-order valence-electron chi connectivity index (χ2n) is 4.29. The number of carbonyl (C=O) groups excluding carboxylic acids is 1. The summed E-state index contributed by atoms with van der Waals surface area (Å²) in [4.78, 5) is 22.5. The molecule has 16 heavy (non-hydrogen) atoms. The molecule has 1 atom stereocenters. The number of carboxylic acid groups (broad SMARTS) is 1. The molecule has 1 N–H and O–H groups in total. The Bertz CT molecular complexity index is 348. The molecule has 1 amide bonds. The molecule has 1 saturated heterocycles. The topological polar surface area (TPSA) is 57.6 Å². The van der Waals surface area contributed by atoms with E-state index in [-0.39, 0.29) is 6.42 Å². The fourth-order valence-electron chi connectivity index (χ4n) is 2.35. The van der Waals surface area contributed by atoms with E-state index in [0.717, 1.165) is 0 Å². The smallest absolute Gasteiger partial charge is 0.471 e. The van der Waals surface area contributed by atoms with Crippen LogP contribution in [0, 0.1) is 0 Å². The van der Waals surface area contributed by atoms with Crippen LogP contribution in [-0.2, 0) is 9.59 Å². The van der Waals surface area contributed by atoms with Gasteiger partial charge in [0.15, 0.2) is 0 Å². The van der Waals surface area contributed by atoms with E-state index < -0.39 is 29.6 Å². The predicted molar refractivity (Wildman–Crippen MR) is 45.5 cm³/mol. The number of nitrogens with zero attached hydrogens (tertiary/aromatic N) is 1. The first-order valence-electron chi connectivity index (χ1n) is 4.91. The van der Waals surface area contributed by atoms with Gasteiger partial charge in [-0.2, -0.15) is 13.2 Å². The zero-order valence-corrected chi connectivity index (χ0v) is 8.25. The maximum atomic E-state index is 12.3. The summed E-state index contributed by atoms with van der Waals surface area (Å²) in [6.45, 7) is 0. The number of alkyl halides is 3. The van der Waals surface area contributed by atoms with Gasteiger partial charge in [-0.15, -0.1) is 0 Å². The van der Waals surface area contributed by atoms with Crippen LogP contribution in [0.3, 0.4) is 0 Å². The average molecular weight is 237 g/mol. The van der Waals surface area contributed by atoms with E-state index in [1.54, 1.807) is 0 Å². The minimum Gasteiger partial charge on any atom is -0.480 e. The minimum absolute atomic E-state index is 0.108. The summed E-state index contributed by atoms with van der Waals surface area (Å²) in [7, 11) is 0. The van der Waals surface area contributed by atoms with Crippen molar-refractivity contribution in [1.29, 1.82) is 0 Å². The summed E-state index contributed by atoms with van der Waals surface area (Å²) in [5.41, 5.74) is -0.824. The second kappa shape index (κ2) is 3.11. The molecule has 1 heterocycles. The third-order valence-electron chi connectivity index (χ3n) is 3.28. The Morgan fingerprint density at radius 2 is 1.81 bits per heavy atom. The van der Waals surface area contributed by atoms with Crippen LogP contribution >= 0.6 is 0 Å². The van der Waals surface area contributed by atoms with Crippen LogP contribution in [0.25, 0.3) is 0 Å². The Balaban J connectivity index is 2.28. The third-order valence-corrected chi connectivity index (χ3v) is 3.28. The molecule has 1 saturated carbocycles. The number of hydrogen-bond acceptors (Lipinski definition) is 2. The minimum atomic E-state index is -4.99. The summed E-state index contributed by atoms with van der Waals surface area (Å²) in [5, 5.41) is 8.80. The van der Waals surface area contributed by atoms with Crippen LogP contribution in [0.5, 0.6) is 0 Å². The number of likely N-dealkylation sites (tertiary alicyclic amines) is 1. The molecular formula is C9H10F3NO3. The average Bonchev–Trinajstić information content (AvgIpc) is 2.77. The molecule has 2 rings (SSSR count). The van der Waals surface area contributed by atoms with E-state index in [4.69, 9.17) is 5.11 Å². The van der Waals surface area contributed by atoms with Gasteiger partial charge in [-0.3, -0.25) is 4.79 Å². The highest BCUT2D eigenvalue weighted by atomic mass is 19.4. The van der Waals surface area contributed by atoms with Crippen molar-refractivity contribution < 1.29 is 27.9 Å². The zero-order chi connectivity index (χ0) is 12.1. The Morgan fingerprint density at radius 3 is 2.19 bits per heavy atom. The number of carboxylic acids is 1. The third kappa shape index (κ3) is 1.54. The van der Waals surface area contributed by atoms with Gasteiger partial charge in [-0.1, -0.05) is 0 Å². The predicted octanol–water partition coefficient (Wildman–Crippen LogP) is 1.16. The van der Waals surface area contributed by atoms with E-state index in [1.807, 2.05) is 0 Å². The number of rotatable bonds is 1. The van der Waals surface area contributed by atoms with Gasteiger partial charge in [-0.25, -0.2) is 4.79 Å². The van der Waals surface area contributed by atoms with Crippen molar-refractivity contribution in [2.45, 2.75) is 43.4 Å². The SMILES string of the molecule is O=C(O)C1CCC2(CC2)N1C(=O)C(F)(F)F. The first-order chi connectivity index (χ1) is 7.28. The fraction of sp³-hybridized carbons (Fsp3) is 0.778. The zero-order valence-electron chi connectivity index (χ0n) is 8.25. The van der Waals surface area contributed by atoms with Crippen molar-refractivity contribution in [3.05, 3.63) is 0 Å². The lowest BCUT2D eigenvalue weighted by Gasteiger charge is -2.28. The van der Waals surface area contributed by atoms with Crippen LogP contribution in [-0.4, -0.2) is 39.6 Å². The number of hydrogen-bond donors (Lipinski definition) is 1. The van der Waals surface area contributed by atoms with Crippen molar-refractivity contribution in [1.82, 2.24) is 4.90 Å². The quantitative estimate of drug-likeness (QED) is 0.744. The van der Waals surface area contributed by atoms with E-state index in [2.05, 4.69) is 0 Å². The molecule has 1 unspecified atom stereocenters. The van der Waals surface area contributed by atoms with Crippen LogP contribution in [0.2, 0.25) is 0 Å². The van der Waals surface area contributed by atoms with Crippen molar-refractivity contribution in [2.24, 2.45) is 0 Å². The highest BCUT2D eigenvalue weighted by Gasteiger charge is 2.62. The molecule has 0 aromatic heterocycles. The highest BCUT2D eigenvalue weighted by Crippen LogP contribution is 2.53. The second-order valence-corrected chi connectivity index (χ2v) is 4.29. The van der Waals surface area contributed by atoms with Crippen LogP contribution < -0.4 is 0 Å². The molecule has 0 aromatic rings. The van der Waals surface area contributed by atoms with Crippen molar-refractivity contribution in [3.63, 3.8) is 0 Å². The Morgan fingerprint density at radius 1 is 1.25 bits per heavy atom. The first-order valence-corrected chi connectivity index (χ1v) is 4.91. The van der Waals surface area contributed by atoms with E-state index in [0.29, 0.717) is 24.2 Å². The Hall–Kier alpha value is -1.27. The van der Waals surface area contributed by atoms with Gasteiger partial charge in [0.25, 0.3) is 0 Å². The van der Waals surface area contributed by atoms with Gasteiger partial charge in [0.1, 0.15) is 6.04 Å². The fourth-order valence-corrected chi connectivity index (χ4v) is 2.35. The number of aliphatic carboxylic acids is 1. The molecule has 1 spiro atoms. The summed E-state index contributed by atoms with van der Waals surface area (Å²) < 4.78 is 37.0. The largest absolute Gasteiger partial charge is 0.480 e. The molecule has 2 fully saturated rings. The number of halogens is 3. The van der Waals surface area contributed by atoms with Crippen molar-refractivity contribution in [3.8, 4) is 0 Å². The van der Waals surface area contributed by atoms with Gasteiger partial charge in [0, 0.05) is 5.54 Å². The van der Waals surface area contributed by atoms with Gasteiger partial charge < -0.3 is 10.0 Å². The lowest BCUT2D eigenvalue weighted by atomic mass is 10.2. The molecule has 0 bridgehead atoms. The number of amides is 1. The molecule has 1 aliphatic heterocycles. The first kappa shape index (κ1) is 11.2. The molecule has 1 aliphatic carbocycles. The van der Waals surface area contributed by atoms with Crippen LogP contribution in [0.4, 0.5) is 13.2 Å². The normalized spacial score (nSPS) is 27.2. The Labute approximate surface area is 89.0 Å². The summed E-state index contributed by atoms with van der Waals surface area (Å²) in [6, 6.07) is -1.32. The van der Waals surface area contributed by atoms with Crippen molar-refractivity contribution in [2.75, 3.05) is 0 Å². The van der Waals surface area contributed by atoms with Gasteiger partial charge in [0.2, 0.25) is 0 Å². The Kier molecular flexibility index (Phi) is 2.18. The molecule has 4 nitrogen and oxygen atoms in total. The summed E-state index contributed by atoms with van der Waals surface area (Å²) in [6.07, 6.45) is -3.59. The lowest BCUT2D eigenvalue weighted by Crippen LogP contribution is -2.51. The lowest BCUT2D eigenvalue weighted by molar-refractivity contribution is -0.191. The van der Waals surface area contributed by atoms with Crippen molar-refractivity contribution >= 4 is 11.9 Å². The molecule has 7 heteroatoms. The molecule has 0 radical (unpaired) electrons. The highest BCUT2D eigenvalue weighted by molar-refractivity contribution is 5.89. The van der Waals surface area contributed by atoms with E-state index in [1.165, 1.54) is 0 Å². The maximum absolute atomic E-state index is 12.3. The monoisotopic (exact) mass is 237 g/mol. The van der Waals surface area contributed by atoms with E-state index >= 15 is 0 Å². The molecule has 2 aliphatic rings. The van der Waals surface area contributed by atoms with Gasteiger partial charge >= 0.3 is 18.1 Å². The standard InChI is InChI=1S/C9H10F3NO3/c10-9(11,12)7(16)13-5(6(14)15)1-2-8(13)3-4-8/h5H,1-4H2,(H,14,15). The molecule has 0 aromatic carbocycles. The van der Waals surface area contributed by atoms with Gasteiger partial charge in [-0.05, 0) is 25.7 Å². The van der Waals surface area contributed by atoms with Crippen LogP contribution in [0.1, 0.15) is 25.7 Å². The maximum Gasteiger partial charge on any atom is 0.471 e.